The number of methoxy groups -OCH3 is 1. The zero-order valence-electron chi connectivity index (χ0n) is 52.7. The summed E-state index contributed by atoms with van der Waals surface area (Å²) in [5, 5.41) is 9.72. The second kappa shape index (κ2) is 48.6. The van der Waals surface area contributed by atoms with Crippen molar-refractivity contribution >= 4 is 53.7 Å². The van der Waals surface area contributed by atoms with Crippen LogP contribution in [0.5, 0.6) is 0 Å². The normalized spacial score (nSPS) is 30.2. The molecule has 11 aliphatic heterocycles. The Morgan fingerprint density at radius 2 is 0.989 bits per heavy atom. The van der Waals surface area contributed by atoms with Crippen LogP contribution in [0, 0.1) is 35.5 Å². The molecule has 0 aromatic rings. The van der Waals surface area contributed by atoms with E-state index in [1.54, 1.807) is 14.0 Å². The Labute approximate surface area is 521 Å². The molecular formula is C65H116O22. The van der Waals surface area contributed by atoms with E-state index in [1.807, 2.05) is 55.4 Å². The van der Waals surface area contributed by atoms with Crippen LogP contribution in [0.3, 0.4) is 0 Å². The molecule has 508 valence electrons. The van der Waals surface area contributed by atoms with Gasteiger partial charge in [0.05, 0.1) is 93.6 Å². The summed E-state index contributed by atoms with van der Waals surface area (Å²) in [7, 11) is 1.69. The molecule has 12 unspecified atom stereocenters. The van der Waals surface area contributed by atoms with Crippen LogP contribution < -0.4 is 0 Å². The number of rotatable bonds is 2. The fourth-order valence-electron chi connectivity index (χ4n) is 8.42. The van der Waals surface area contributed by atoms with Crippen LogP contribution in [-0.2, 0) is 100.0 Å². The highest BCUT2D eigenvalue weighted by Crippen LogP contribution is 2.28. The summed E-state index contributed by atoms with van der Waals surface area (Å²) in [6, 6.07) is 0. The van der Waals surface area contributed by atoms with Crippen molar-refractivity contribution in [1.82, 2.24) is 0 Å². The molecule has 22 nitrogen and oxygen atoms in total. The second-order valence-electron chi connectivity index (χ2n) is 23.2. The van der Waals surface area contributed by atoms with Crippen LogP contribution in [0.2, 0.25) is 0 Å². The topological polar surface area (TPSA) is 285 Å². The summed E-state index contributed by atoms with van der Waals surface area (Å²) in [6.07, 6.45) is 17.5. The molecule has 1 N–H and O–H groups in total. The number of hydrogen-bond acceptors (Lipinski definition) is 22. The van der Waals surface area contributed by atoms with Crippen molar-refractivity contribution in [1.29, 1.82) is 0 Å². The molecule has 0 bridgehead atoms. The van der Waals surface area contributed by atoms with E-state index in [0.717, 1.165) is 82.7 Å². The molecule has 11 rings (SSSR count). The Balaban J connectivity index is -0.000000892. The zero-order valence-corrected chi connectivity index (χ0v) is 52.7. The second-order valence-corrected chi connectivity index (χ2v) is 23.2. The van der Waals surface area contributed by atoms with E-state index in [2.05, 4.69) is 39.4 Å². The minimum atomic E-state index is -0.811. The number of carbonyl (C=O) groups excluding carboxylic acids is 9. The van der Waals surface area contributed by atoms with E-state index >= 15 is 0 Å². The summed E-state index contributed by atoms with van der Waals surface area (Å²) < 4.78 is 57.4. The maximum absolute atomic E-state index is 10.9. The highest BCUT2D eigenvalue weighted by molar-refractivity contribution is 5.77. The Morgan fingerprint density at radius 3 is 1.25 bits per heavy atom. The molecule has 0 aromatic heterocycles. The fourth-order valence-corrected chi connectivity index (χ4v) is 8.42. The number of allylic oxidation sites excluding steroid dienone is 1. The van der Waals surface area contributed by atoms with Gasteiger partial charge < -0.3 is 61.9 Å². The molecule has 11 heterocycles. The molecule has 11 fully saturated rings. The quantitative estimate of drug-likeness (QED) is 0.198. The lowest BCUT2D eigenvalue weighted by molar-refractivity contribution is -0.169. The molecule has 0 aromatic carbocycles. The predicted octanol–water partition coefficient (Wildman–Crippen LogP) is 11.2. The van der Waals surface area contributed by atoms with Gasteiger partial charge in [-0.25, -0.2) is 0 Å². The van der Waals surface area contributed by atoms with E-state index in [-0.39, 0.29) is 131 Å². The van der Waals surface area contributed by atoms with Gasteiger partial charge >= 0.3 is 53.7 Å². The van der Waals surface area contributed by atoms with E-state index in [1.165, 1.54) is 19.3 Å². The molecule has 11 aliphatic rings. The summed E-state index contributed by atoms with van der Waals surface area (Å²) in [5.74, 6) is 2.59. The summed E-state index contributed by atoms with van der Waals surface area (Å²) in [6.45, 7) is 30.0. The fraction of sp³-hybridized carbons (Fsp3) is 0.831. The molecule has 0 aliphatic carbocycles. The SMILES string of the molecule is C.C.C.C=C1CC(C)CCO1.CC1CC(=O)O1.CC1CCC(=O)O1.CC1CCC(=O)OC1.CC1CCCC(=O)O1.CC1CCCOC1=O.CC1CCOC1=O.CC1COC(=O)C1.CC1COC1=O.CCC1(O)CC(=O)OC(C)C1.COC1CCCCO1. The van der Waals surface area contributed by atoms with E-state index in [9.17, 15) is 48.3 Å². The van der Waals surface area contributed by atoms with Crippen LogP contribution in [-0.4, -0.2) is 148 Å². The minimum Gasteiger partial charge on any atom is -0.499 e. The third kappa shape index (κ3) is 43.1. The van der Waals surface area contributed by atoms with Crippen molar-refractivity contribution in [2.24, 2.45) is 35.5 Å². The number of aliphatic hydroxyl groups is 1. The zero-order chi connectivity index (χ0) is 63.2. The Bertz CT molecular complexity index is 1920. The van der Waals surface area contributed by atoms with Gasteiger partial charge in [-0.15, -0.1) is 0 Å². The number of cyclic esters (lactones) is 9. The third-order valence-electron chi connectivity index (χ3n) is 14.1. The largest absolute Gasteiger partial charge is 0.499 e. The number of carbonyl (C=O) groups is 9. The summed E-state index contributed by atoms with van der Waals surface area (Å²) in [4.78, 5) is 93.0. The van der Waals surface area contributed by atoms with Gasteiger partial charge in [-0.3, -0.25) is 43.2 Å². The van der Waals surface area contributed by atoms with Crippen molar-refractivity contribution in [3.05, 3.63) is 12.3 Å². The van der Waals surface area contributed by atoms with E-state index in [4.69, 9.17) is 37.9 Å². The van der Waals surface area contributed by atoms with Crippen molar-refractivity contribution in [3.8, 4) is 0 Å². The molecule has 87 heavy (non-hydrogen) atoms. The average Bonchev–Trinajstić information content (AvgIpc) is 4.17. The van der Waals surface area contributed by atoms with Gasteiger partial charge in [0.1, 0.15) is 18.8 Å². The first-order valence-electron chi connectivity index (χ1n) is 30.4. The van der Waals surface area contributed by atoms with Crippen molar-refractivity contribution < 1.29 is 105 Å². The first-order chi connectivity index (χ1) is 39.6. The lowest BCUT2D eigenvalue weighted by Gasteiger charge is -2.33. The molecule has 0 amide bonds. The molecule has 11 saturated heterocycles. The van der Waals surface area contributed by atoms with Crippen molar-refractivity contribution in [2.75, 3.05) is 53.4 Å². The molecule has 22 heteroatoms. The van der Waals surface area contributed by atoms with Gasteiger partial charge in [-0.2, -0.15) is 0 Å². The predicted molar refractivity (Wildman–Crippen MR) is 327 cm³/mol. The average molecular weight is 1250 g/mol. The van der Waals surface area contributed by atoms with Crippen molar-refractivity contribution in [3.63, 3.8) is 0 Å². The van der Waals surface area contributed by atoms with Crippen molar-refractivity contribution in [2.45, 2.75) is 263 Å². The molecule has 12 atom stereocenters. The molecule has 0 radical (unpaired) electrons. The smallest absolute Gasteiger partial charge is 0.312 e. The van der Waals surface area contributed by atoms with Crippen LogP contribution >= 0.6 is 0 Å². The van der Waals surface area contributed by atoms with Gasteiger partial charge in [-0.05, 0) is 124 Å². The Kier molecular flexibility index (Phi) is 47.9. The van der Waals surface area contributed by atoms with Gasteiger partial charge in [0.15, 0.2) is 6.29 Å². The van der Waals surface area contributed by atoms with Gasteiger partial charge in [0.25, 0.3) is 0 Å². The van der Waals surface area contributed by atoms with Gasteiger partial charge in [0.2, 0.25) is 0 Å². The van der Waals surface area contributed by atoms with Crippen LogP contribution in [0.25, 0.3) is 0 Å². The van der Waals surface area contributed by atoms with Crippen LogP contribution in [0.4, 0.5) is 0 Å². The standard InChI is InChI=1S/C8H14O3.C7H12O.C6H10O2.C6H12O2.2C6H10O2.3C5H8O2.2C4H6O2.3CH4/c1-3-8(10)4-6(2)11-7(9)5-8;1-6-3-4-8-7(2)5-6;1-5-2-3-6(7)8-4-5;1-7-6-4-2-3-5-8-6;1-5-3-2-4-8-6(5)7;1-5-3-2-4-6(7)8-5;1-4-2-5(6)7-3-4;1-4-2-3-7-5(4)6;1-4-2-3-5(6)7-4;1-3-2-6-4(3)5;1-3-2-4(5)6-3;;;/h6,10H,3-5H2,1-2H3;6H,2-5H2,1H3;5H,2-4H2,1H3;6H,2-5H2,1H3;2*5H,2-4H2,1H3;3*4H,2-3H2,1H3;2*3H,2H2,1H3;3*1H4. The highest BCUT2D eigenvalue weighted by Gasteiger charge is 2.36. The van der Waals surface area contributed by atoms with E-state index < -0.39 is 5.60 Å². The summed E-state index contributed by atoms with van der Waals surface area (Å²) in [5.41, 5.74) is -0.811. The highest BCUT2D eigenvalue weighted by atomic mass is 16.7. The Morgan fingerprint density at radius 1 is 0.448 bits per heavy atom. The summed E-state index contributed by atoms with van der Waals surface area (Å²) >= 11 is 0. The monoisotopic (exact) mass is 1250 g/mol. The minimum absolute atomic E-state index is 0. The molecule has 0 saturated carbocycles. The van der Waals surface area contributed by atoms with Gasteiger partial charge in [-0.1, -0.05) is 70.4 Å². The Hall–Kier alpha value is -5.35. The van der Waals surface area contributed by atoms with E-state index in [0.29, 0.717) is 89.8 Å². The van der Waals surface area contributed by atoms with Gasteiger partial charge in [0, 0.05) is 51.7 Å². The maximum Gasteiger partial charge on any atom is 0.312 e. The lowest BCUT2D eigenvalue weighted by atomic mass is 9.88. The first-order valence-corrected chi connectivity index (χ1v) is 30.4. The first kappa shape index (κ1) is 85.9. The number of ether oxygens (including phenoxy) is 12. The number of esters is 9. The lowest BCUT2D eigenvalue weighted by Crippen LogP contribution is -2.41. The molecular weight excluding hydrogens is 1130 g/mol. The maximum atomic E-state index is 10.9. The van der Waals surface area contributed by atoms with Crippen LogP contribution in [0.1, 0.15) is 227 Å². The number of hydrogen-bond donors (Lipinski definition) is 1. The third-order valence-corrected chi connectivity index (χ3v) is 14.1. The van der Waals surface area contributed by atoms with Crippen LogP contribution in [0.15, 0.2) is 12.3 Å². The molecule has 0 spiro atoms.